The van der Waals surface area contributed by atoms with Gasteiger partial charge in [-0.25, -0.2) is 0 Å². The molecule has 0 atom stereocenters. The predicted molar refractivity (Wildman–Crippen MR) is 190 cm³/mol. The standard InChI is InChI=1S/C44H28O/c1-3-14-29(15-4-1)31-18-13-19-32(26-31)43-34-21-7-9-23-36(34)44(37-24-10-8-22-35(37)43)40-28-42-39(33-20-11-12-25-41(33)45-42)27-38(40)30-16-5-2-6-17-30/h1-28H/i1D,2D,3D,4D,5D,6D,14D,15D,16D,17D. The van der Waals surface area contributed by atoms with Gasteiger partial charge in [-0.1, -0.05) is 145 Å². The molecule has 0 aliphatic heterocycles. The van der Waals surface area contributed by atoms with Gasteiger partial charge in [-0.15, -0.1) is 0 Å². The van der Waals surface area contributed by atoms with E-state index in [0.29, 0.717) is 27.9 Å². The summed E-state index contributed by atoms with van der Waals surface area (Å²) < 4.78 is 91.9. The van der Waals surface area contributed by atoms with E-state index in [1.807, 2.05) is 103 Å². The van der Waals surface area contributed by atoms with E-state index in [0.717, 1.165) is 49.0 Å². The summed E-state index contributed by atoms with van der Waals surface area (Å²) in [5.41, 5.74) is 5.39. The second-order valence-electron chi connectivity index (χ2n) is 10.9. The fourth-order valence-electron chi connectivity index (χ4n) is 6.52. The first-order valence-corrected chi connectivity index (χ1v) is 14.6. The largest absolute Gasteiger partial charge is 0.456 e. The molecular weight excluding hydrogens is 544 g/mol. The smallest absolute Gasteiger partial charge is 0.136 e. The van der Waals surface area contributed by atoms with Crippen molar-refractivity contribution in [3.05, 3.63) is 170 Å². The average Bonchev–Trinajstić information content (AvgIpc) is 3.57. The van der Waals surface area contributed by atoms with E-state index in [-0.39, 0.29) is 35.3 Å². The van der Waals surface area contributed by atoms with Crippen molar-refractivity contribution in [2.75, 3.05) is 0 Å². The molecule has 9 aromatic rings. The van der Waals surface area contributed by atoms with Crippen LogP contribution < -0.4 is 0 Å². The van der Waals surface area contributed by atoms with Crippen LogP contribution in [-0.4, -0.2) is 0 Å². The van der Waals surface area contributed by atoms with E-state index in [2.05, 4.69) is 0 Å². The van der Waals surface area contributed by atoms with Crippen molar-refractivity contribution in [2.24, 2.45) is 0 Å². The van der Waals surface area contributed by atoms with Gasteiger partial charge < -0.3 is 4.42 Å². The summed E-state index contributed by atoms with van der Waals surface area (Å²) in [6.07, 6.45) is 0. The van der Waals surface area contributed by atoms with Gasteiger partial charge in [-0.2, -0.15) is 0 Å². The molecule has 1 heterocycles. The van der Waals surface area contributed by atoms with Crippen LogP contribution >= 0.6 is 0 Å². The van der Waals surface area contributed by atoms with E-state index in [9.17, 15) is 0 Å². The van der Waals surface area contributed by atoms with Crippen molar-refractivity contribution in [2.45, 2.75) is 0 Å². The Morgan fingerprint density at radius 3 is 1.58 bits per heavy atom. The summed E-state index contributed by atoms with van der Waals surface area (Å²) in [5, 5.41) is 4.94. The van der Waals surface area contributed by atoms with Crippen LogP contribution in [0.3, 0.4) is 0 Å². The summed E-state index contributed by atoms with van der Waals surface area (Å²) in [5.74, 6) is 0. The molecule has 0 fully saturated rings. The lowest BCUT2D eigenvalue weighted by Gasteiger charge is -2.20. The Balaban J connectivity index is 1.40. The van der Waals surface area contributed by atoms with E-state index < -0.39 is 36.3 Å². The van der Waals surface area contributed by atoms with E-state index in [4.69, 9.17) is 18.1 Å². The van der Waals surface area contributed by atoms with Gasteiger partial charge in [0.15, 0.2) is 0 Å². The maximum absolute atomic E-state index is 9.04. The lowest BCUT2D eigenvalue weighted by atomic mass is 9.83. The van der Waals surface area contributed by atoms with Gasteiger partial charge >= 0.3 is 0 Å². The molecule has 0 N–H and O–H groups in total. The molecule has 0 saturated carbocycles. The van der Waals surface area contributed by atoms with Crippen LogP contribution in [0.15, 0.2) is 174 Å². The zero-order valence-electron chi connectivity index (χ0n) is 33.8. The SMILES string of the molecule is [2H]c1c([2H])c([2H])c(-c2cccc(-c3c4ccccc4c(-c4cc5oc6ccccc6c5cc4-c4c([2H])c([2H])c([2H])c([2H])c4[2H])c4ccccc34)c2)c([2H])c1[2H]. The third-order valence-corrected chi connectivity index (χ3v) is 8.43. The zero-order chi connectivity index (χ0) is 38.4. The maximum atomic E-state index is 9.04. The summed E-state index contributed by atoms with van der Waals surface area (Å²) in [6, 6.07) is 30.6. The van der Waals surface area contributed by atoms with E-state index in [1.54, 1.807) is 6.07 Å². The summed E-state index contributed by atoms with van der Waals surface area (Å²) >= 11 is 0. The topological polar surface area (TPSA) is 13.1 Å². The highest BCUT2D eigenvalue weighted by Crippen LogP contribution is 2.48. The molecule has 0 radical (unpaired) electrons. The number of hydrogen-bond donors (Lipinski definition) is 0. The lowest BCUT2D eigenvalue weighted by molar-refractivity contribution is 0.669. The number of rotatable bonds is 4. The van der Waals surface area contributed by atoms with Crippen LogP contribution in [0.5, 0.6) is 0 Å². The van der Waals surface area contributed by atoms with Crippen molar-refractivity contribution < 1.29 is 18.1 Å². The molecule has 1 nitrogen and oxygen atoms in total. The maximum Gasteiger partial charge on any atom is 0.136 e. The van der Waals surface area contributed by atoms with Crippen molar-refractivity contribution in [1.29, 1.82) is 0 Å². The van der Waals surface area contributed by atoms with Crippen LogP contribution in [0.4, 0.5) is 0 Å². The Kier molecular flexibility index (Phi) is 4.01. The minimum absolute atomic E-state index is 0.0803. The Bertz CT molecular complexity index is 3000. The monoisotopic (exact) mass is 582 g/mol. The highest BCUT2D eigenvalue weighted by Gasteiger charge is 2.21. The second-order valence-corrected chi connectivity index (χ2v) is 10.9. The Morgan fingerprint density at radius 1 is 0.356 bits per heavy atom. The van der Waals surface area contributed by atoms with Crippen LogP contribution in [-0.2, 0) is 0 Å². The Hall–Kier alpha value is -5.92. The van der Waals surface area contributed by atoms with Crippen LogP contribution in [0.2, 0.25) is 0 Å². The summed E-state index contributed by atoms with van der Waals surface area (Å²) in [4.78, 5) is 0. The number of fused-ring (bicyclic) bond motifs is 5. The van der Waals surface area contributed by atoms with Gasteiger partial charge in [0.1, 0.15) is 11.2 Å². The molecule has 1 aromatic heterocycles. The quantitative estimate of drug-likeness (QED) is 0.188. The zero-order valence-corrected chi connectivity index (χ0v) is 23.8. The highest BCUT2D eigenvalue weighted by atomic mass is 16.3. The predicted octanol–water partition coefficient (Wildman–Crippen LogP) is 12.6. The third kappa shape index (κ3) is 4.17. The van der Waals surface area contributed by atoms with Crippen LogP contribution in [0.25, 0.3) is 88.0 Å². The lowest BCUT2D eigenvalue weighted by Crippen LogP contribution is -1.93. The molecule has 0 unspecified atom stereocenters. The van der Waals surface area contributed by atoms with Crippen molar-refractivity contribution in [3.8, 4) is 44.5 Å². The highest BCUT2D eigenvalue weighted by molar-refractivity contribution is 6.23. The first kappa shape index (κ1) is 17.4. The molecule has 1 heteroatoms. The Labute approximate surface area is 275 Å². The molecule has 0 spiro atoms. The minimum atomic E-state index is -0.471. The molecule has 0 aliphatic rings. The summed E-state index contributed by atoms with van der Waals surface area (Å²) in [7, 11) is 0. The molecule has 0 bridgehead atoms. The first-order valence-electron chi connectivity index (χ1n) is 19.6. The average molecular weight is 583 g/mol. The first-order chi connectivity index (χ1) is 26.5. The van der Waals surface area contributed by atoms with E-state index >= 15 is 0 Å². The molecule has 0 amide bonds. The van der Waals surface area contributed by atoms with E-state index in [1.165, 1.54) is 0 Å². The van der Waals surface area contributed by atoms with Crippen molar-refractivity contribution >= 4 is 43.5 Å². The minimum Gasteiger partial charge on any atom is -0.456 e. The third-order valence-electron chi connectivity index (χ3n) is 8.43. The number of para-hydroxylation sites is 1. The molecule has 45 heavy (non-hydrogen) atoms. The normalized spacial score (nSPS) is 14.7. The van der Waals surface area contributed by atoms with Gasteiger partial charge in [0.25, 0.3) is 0 Å². The molecule has 9 rings (SSSR count). The van der Waals surface area contributed by atoms with Crippen molar-refractivity contribution in [1.82, 2.24) is 0 Å². The van der Waals surface area contributed by atoms with Gasteiger partial charge in [0.2, 0.25) is 0 Å². The number of furan rings is 1. The van der Waals surface area contributed by atoms with Gasteiger partial charge in [0.05, 0.1) is 13.7 Å². The molecular formula is C44H28O. The number of benzene rings is 8. The molecule has 0 saturated heterocycles. The van der Waals surface area contributed by atoms with Gasteiger partial charge in [0, 0.05) is 10.8 Å². The van der Waals surface area contributed by atoms with Gasteiger partial charge in [-0.3, -0.25) is 0 Å². The fraction of sp³-hybridized carbons (Fsp3) is 0. The van der Waals surface area contributed by atoms with Crippen LogP contribution in [0.1, 0.15) is 13.7 Å². The fourth-order valence-corrected chi connectivity index (χ4v) is 6.52. The Morgan fingerprint density at radius 2 is 0.911 bits per heavy atom. The van der Waals surface area contributed by atoms with Crippen molar-refractivity contribution in [3.63, 3.8) is 0 Å². The molecule has 210 valence electrons. The van der Waals surface area contributed by atoms with Crippen LogP contribution in [0, 0.1) is 0 Å². The molecule has 8 aromatic carbocycles. The molecule has 0 aliphatic carbocycles. The second kappa shape index (κ2) is 10.4. The van der Waals surface area contributed by atoms with Gasteiger partial charge in [-0.05, 0) is 90.3 Å². The number of hydrogen-bond acceptors (Lipinski definition) is 1. The summed E-state index contributed by atoms with van der Waals surface area (Å²) in [6.45, 7) is 0.